The number of rotatable bonds is 9. The van der Waals surface area contributed by atoms with Crippen LogP contribution in [0.25, 0.3) is 0 Å². The molecular weight excluding hydrogens is 472 g/mol. The number of benzene rings is 2. The molecular formula is C29H36N2O6. The van der Waals surface area contributed by atoms with Gasteiger partial charge in [0.1, 0.15) is 0 Å². The molecule has 1 unspecified atom stereocenters. The molecule has 0 aromatic heterocycles. The van der Waals surface area contributed by atoms with Gasteiger partial charge in [-0.3, -0.25) is 4.79 Å². The van der Waals surface area contributed by atoms with E-state index in [0.717, 1.165) is 18.4 Å². The standard InChI is InChI=1S/C29H36N2O6/c1-7-23(27(35)36-8-2)37-31-24(25(32)30-20-12-9-18(10-13-20)26(33)34)19-11-14-21-22(17-19)29(5,6)16-15-28(21,3)4/h9-14,17,23H,7-8,15-16H2,1-6H3,(H,30,32)(H,33,34). The number of esters is 1. The van der Waals surface area contributed by atoms with Crippen molar-refractivity contribution in [3.8, 4) is 0 Å². The van der Waals surface area contributed by atoms with Crippen LogP contribution in [-0.4, -0.2) is 41.4 Å². The lowest BCUT2D eigenvalue weighted by molar-refractivity contribution is -0.157. The average molecular weight is 509 g/mol. The van der Waals surface area contributed by atoms with Gasteiger partial charge in [-0.1, -0.05) is 51.9 Å². The van der Waals surface area contributed by atoms with Crippen molar-refractivity contribution in [2.45, 2.75) is 77.7 Å². The molecule has 0 heterocycles. The van der Waals surface area contributed by atoms with E-state index in [2.05, 4.69) is 38.2 Å². The van der Waals surface area contributed by atoms with E-state index in [0.29, 0.717) is 17.7 Å². The fourth-order valence-electron chi connectivity index (χ4n) is 4.48. The number of aromatic carboxylic acids is 1. The number of hydrogen-bond acceptors (Lipinski definition) is 6. The minimum atomic E-state index is -1.06. The summed E-state index contributed by atoms with van der Waals surface area (Å²) in [6, 6.07) is 11.7. The lowest BCUT2D eigenvalue weighted by Crippen LogP contribution is -2.34. The van der Waals surface area contributed by atoms with Crippen LogP contribution in [0.5, 0.6) is 0 Å². The Morgan fingerprint density at radius 1 is 0.946 bits per heavy atom. The first-order valence-electron chi connectivity index (χ1n) is 12.6. The minimum Gasteiger partial charge on any atom is -0.478 e. The number of fused-ring (bicyclic) bond motifs is 1. The molecule has 0 saturated carbocycles. The highest BCUT2D eigenvalue weighted by Crippen LogP contribution is 2.46. The molecule has 2 aromatic carbocycles. The first-order valence-corrected chi connectivity index (χ1v) is 12.6. The summed E-state index contributed by atoms with van der Waals surface area (Å²) < 4.78 is 5.06. The van der Waals surface area contributed by atoms with Gasteiger partial charge in [0, 0.05) is 11.3 Å². The maximum absolute atomic E-state index is 13.4. The van der Waals surface area contributed by atoms with E-state index in [9.17, 15) is 14.4 Å². The zero-order valence-electron chi connectivity index (χ0n) is 22.4. The van der Waals surface area contributed by atoms with E-state index < -0.39 is 23.9 Å². The number of ether oxygens (including phenoxy) is 1. The monoisotopic (exact) mass is 508 g/mol. The molecule has 1 amide bonds. The van der Waals surface area contributed by atoms with Gasteiger partial charge in [0.05, 0.1) is 12.2 Å². The van der Waals surface area contributed by atoms with Crippen LogP contribution in [0, 0.1) is 0 Å². The largest absolute Gasteiger partial charge is 0.478 e. The van der Waals surface area contributed by atoms with Crippen molar-refractivity contribution in [3.63, 3.8) is 0 Å². The van der Waals surface area contributed by atoms with Gasteiger partial charge in [-0.2, -0.15) is 0 Å². The van der Waals surface area contributed by atoms with Gasteiger partial charge in [-0.05, 0) is 78.5 Å². The molecule has 0 aliphatic heterocycles. The van der Waals surface area contributed by atoms with Gasteiger partial charge in [0.25, 0.3) is 5.91 Å². The summed E-state index contributed by atoms with van der Waals surface area (Å²) in [6.45, 7) is 12.5. The third-order valence-electron chi connectivity index (χ3n) is 6.92. The summed E-state index contributed by atoms with van der Waals surface area (Å²) in [5.41, 5.74) is 3.36. The minimum absolute atomic E-state index is 0.00253. The molecule has 0 fully saturated rings. The molecule has 8 heteroatoms. The van der Waals surface area contributed by atoms with Crippen molar-refractivity contribution in [1.29, 1.82) is 0 Å². The summed E-state index contributed by atoms with van der Waals surface area (Å²) in [7, 11) is 0. The molecule has 3 rings (SSSR count). The Hall–Kier alpha value is -3.68. The van der Waals surface area contributed by atoms with Crippen LogP contribution in [0.1, 0.15) is 87.9 Å². The molecule has 2 N–H and O–H groups in total. The SMILES string of the molecule is CCOC(=O)C(CC)ON=C(C(=O)Nc1ccc(C(=O)O)cc1)c1ccc2c(c1)C(C)(C)CCC2(C)C. The second kappa shape index (κ2) is 11.2. The Labute approximate surface area is 218 Å². The van der Waals surface area contributed by atoms with Crippen molar-refractivity contribution >= 4 is 29.2 Å². The van der Waals surface area contributed by atoms with E-state index >= 15 is 0 Å². The van der Waals surface area contributed by atoms with Gasteiger partial charge in [-0.15, -0.1) is 0 Å². The number of nitrogens with zero attached hydrogens (tertiary/aromatic N) is 1. The average Bonchev–Trinajstić information content (AvgIpc) is 2.85. The summed E-state index contributed by atoms with van der Waals surface area (Å²) in [5.74, 6) is -2.15. The predicted octanol–water partition coefficient (Wildman–Crippen LogP) is 5.43. The van der Waals surface area contributed by atoms with E-state index in [1.807, 2.05) is 18.2 Å². The van der Waals surface area contributed by atoms with Crippen LogP contribution in [0.2, 0.25) is 0 Å². The van der Waals surface area contributed by atoms with Crippen LogP contribution >= 0.6 is 0 Å². The molecule has 8 nitrogen and oxygen atoms in total. The second-order valence-electron chi connectivity index (χ2n) is 10.6. The summed E-state index contributed by atoms with van der Waals surface area (Å²) >= 11 is 0. The highest BCUT2D eigenvalue weighted by Gasteiger charge is 2.37. The zero-order chi connectivity index (χ0) is 27.4. The van der Waals surface area contributed by atoms with E-state index in [1.54, 1.807) is 13.8 Å². The van der Waals surface area contributed by atoms with Crippen LogP contribution in [0.15, 0.2) is 47.6 Å². The second-order valence-corrected chi connectivity index (χ2v) is 10.6. The summed E-state index contributed by atoms with van der Waals surface area (Å²) in [5, 5.41) is 16.1. The van der Waals surface area contributed by atoms with Crippen LogP contribution < -0.4 is 5.32 Å². The molecule has 1 atom stereocenters. The molecule has 2 aromatic rings. The number of carboxylic acid groups (broad SMARTS) is 1. The van der Waals surface area contributed by atoms with Gasteiger partial charge < -0.3 is 20.0 Å². The lowest BCUT2D eigenvalue weighted by Gasteiger charge is -2.42. The Morgan fingerprint density at radius 3 is 2.11 bits per heavy atom. The number of amides is 1. The number of carboxylic acids is 1. The molecule has 198 valence electrons. The Morgan fingerprint density at radius 2 is 1.54 bits per heavy atom. The maximum atomic E-state index is 13.4. The van der Waals surface area contributed by atoms with Crippen molar-refractivity contribution in [2.24, 2.45) is 5.16 Å². The number of nitrogens with one attached hydrogen (secondary N) is 1. The molecule has 1 aliphatic rings. The summed E-state index contributed by atoms with van der Waals surface area (Å²) in [4.78, 5) is 42.4. The highest BCUT2D eigenvalue weighted by molar-refractivity contribution is 6.48. The highest BCUT2D eigenvalue weighted by atomic mass is 16.7. The van der Waals surface area contributed by atoms with Crippen LogP contribution in [0.4, 0.5) is 5.69 Å². The molecule has 0 spiro atoms. The third-order valence-corrected chi connectivity index (χ3v) is 6.92. The van der Waals surface area contributed by atoms with E-state index in [-0.39, 0.29) is 28.7 Å². The fourth-order valence-corrected chi connectivity index (χ4v) is 4.48. The number of hydrogen-bond donors (Lipinski definition) is 2. The third kappa shape index (κ3) is 6.37. The molecule has 0 radical (unpaired) electrons. The first-order chi connectivity index (χ1) is 17.4. The Bertz CT molecular complexity index is 1200. The van der Waals surface area contributed by atoms with Gasteiger partial charge in [0.2, 0.25) is 6.10 Å². The molecule has 0 bridgehead atoms. The molecule has 1 aliphatic carbocycles. The Balaban J connectivity index is 2.02. The maximum Gasteiger partial charge on any atom is 0.350 e. The topological polar surface area (TPSA) is 114 Å². The van der Waals surface area contributed by atoms with Crippen molar-refractivity contribution in [2.75, 3.05) is 11.9 Å². The fraction of sp³-hybridized carbons (Fsp3) is 0.448. The van der Waals surface area contributed by atoms with Crippen LogP contribution in [-0.2, 0) is 30.0 Å². The summed E-state index contributed by atoms with van der Waals surface area (Å²) in [6.07, 6.45) is 1.42. The van der Waals surface area contributed by atoms with E-state index in [4.69, 9.17) is 14.7 Å². The van der Waals surface area contributed by atoms with Crippen molar-refractivity contribution in [1.82, 2.24) is 0 Å². The van der Waals surface area contributed by atoms with Crippen LogP contribution in [0.3, 0.4) is 0 Å². The van der Waals surface area contributed by atoms with Crippen molar-refractivity contribution < 1.29 is 29.1 Å². The van der Waals surface area contributed by atoms with Gasteiger partial charge >= 0.3 is 11.9 Å². The van der Waals surface area contributed by atoms with Gasteiger partial charge in [0.15, 0.2) is 5.71 Å². The zero-order valence-corrected chi connectivity index (χ0v) is 22.4. The molecule has 0 saturated heterocycles. The number of carbonyl (C=O) groups is 3. The Kier molecular flexibility index (Phi) is 8.41. The smallest absolute Gasteiger partial charge is 0.350 e. The molecule has 37 heavy (non-hydrogen) atoms. The first kappa shape index (κ1) is 27.9. The predicted molar refractivity (Wildman–Crippen MR) is 142 cm³/mol. The van der Waals surface area contributed by atoms with E-state index in [1.165, 1.54) is 29.8 Å². The van der Waals surface area contributed by atoms with Crippen molar-refractivity contribution in [3.05, 3.63) is 64.7 Å². The lowest BCUT2D eigenvalue weighted by atomic mass is 9.63. The normalized spacial score (nSPS) is 16.8. The number of oxime groups is 1. The number of carbonyl (C=O) groups excluding carboxylic acids is 2. The van der Waals surface area contributed by atoms with Gasteiger partial charge in [-0.25, -0.2) is 9.59 Å². The number of anilines is 1. The quantitative estimate of drug-likeness (QED) is 0.265.